The summed E-state index contributed by atoms with van der Waals surface area (Å²) < 4.78 is 13.1. The van der Waals surface area contributed by atoms with Crippen LogP contribution in [0.1, 0.15) is 22.3 Å². The Balaban J connectivity index is 0.959. The zero-order valence-electron chi connectivity index (χ0n) is 39.5. The molecule has 0 bridgehead atoms. The number of anilines is 6. The summed E-state index contributed by atoms with van der Waals surface area (Å²) in [4.78, 5) is 4.78. The number of hydrogen-bond donors (Lipinski definition) is 0. The highest BCUT2D eigenvalue weighted by Gasteiger charge is 2.52. The minimum absolute atomic E-state index is 0.628. The molecule has 0 aliphatic heterocycles. The highest BCUT2D eigenvalue weighted by atomic mass is 16.3. The molecule has 0 radical (unpaired) electrons. The van der Waals surface area contributed by atoms with Gasteiger partial charge in [-0.15, -0.1) is 0 Å². The predicted molar refractivity (Wildman–Crippen MR) is 302 cm³/mol. The first-order valence-corrected chi connectivity index (χ1v) is 25.1. The Morgan fingerprint density at radius 3 is 1.37 bits per heavy atom. The van der Waals surface area contributed by atoms with Crippen LogP contribution in [0, 0.1) is 0 Å². The van der Waals surface area contributed by atoms with Crippen molar-refractivity contribution in [2.75, 3.05) is 9.80 Å². The average Bonchev–Trinajstić information content (AvgIpc) is 4.18. The van der Waals surface area contributed by atoms with E-state index in [0.29, 0.717) is 0 Å². The third-order valence-corrected chi connectivity index (χ3v) is 15.8. The van der Waals surface area contributed by atoms with Gasteiger partial charge in [0.25, 0.3) is 0 Å². The fourth-order valence-corrected chi connectivity index (χ4v) is 12.8. The van der Waals surface area contributed by atoms with Crippen molar-refractivity contribution in [2.24, 2.45) is 0 Å². The van der Waals surface area contributed by atoms with E-state index in [1.165, 1.54) is 66.1 Å². The van der Waals surface area contributed by atoms with Crippen LogP contribution < -0.4 is 9.80 Å². The summed E-state index contributed by atoms with van der Waals surface area (Å²) in [6, 6.07) is 93.1. The zero-order valence-corrected chi connectivity index (χ0v) is 39.5. The van der Waals surface area contributed by atoms with Gasteiger partial charge in [0.2, 0.25) is 0 Å². The van der Waals surface area contributed by atoms with E-state index in [9.17, 15) is 0 Å². The molecule has 0 saturated carbocycles. The van der Waals surface area contributed by atoms with Crippen molar-refractivity contribution in [1.29, 1.82) is 0 Å². The molecule has 4 heteroatoms. The average molecular weight is 931 g/mol. The van der Waals surface area contributed by atoms with Gasteiger partial charge >= 0.3 is 0 Å². The van der Waals surface area contributed by atoms with Crippen molar-refractivity contribution < 1.29 is 8.83 Å². The summed E-state index contributed by atoms with van der Waals surface area (Å²) in [7, 11) is 0. The standard InChI is InChI=1S/C69H42N2O2/c1-3-17-45(18-4-1)70(48-33-35-55-53-24-11-15-29-64(53)72-66(55)40-48)47-32-31-43-38-58-61(39-44(43)37-47)69(59-27-13-9-21-50(59)51-22-10-14-28-60(51)69)62-42-63(52-23-7-8-26-57(52)68(58)62)71(46-19-5-2-6-20-46)49-34-36-56-54-25-12-16-30-65(54)73-67(56)41-49/h1-42H. The maximum atomic E-state index is 6.58. The van der Waals surface area contributed by atoms with Crippen LogP contribution in [0.2, 0.25) is 0 Å². The normalized spacial score (nSPS) is 13.0. The van der Waals surface area contributed by atoms with Gasteiger partial charge in [0, 0.05) is 67.5 Å². The van der Waals surface area contributed by atoms with Crippen molar-refractivity contribution in [3.05, 3.63) is 277 Å². The number of furan rings is 2. The number of nitrogens with zero attached hydrogens (tertiary/aromatic N) is 2. The van der Waals surface area contributed by atoms with Gasteiger partial charge in [-0.3, -0.25) is 0 Å². The van der Waals surface area contributed by atoms with Crippen LogP contribution in [0.25, 0.3) is 87.7 Å². The molecule has 0 unspecified atom stereocenters. The summed E-state index contributed by atoms with van der Waals surface area (Å²) in [6.07, 6.45) is 0. The van der Waals surface area contributed by atoms with E-state index >= 15 is 0 Å². The van der Waals surface area contributed by atoms with Gasteiger partial charge in [0.05, 0.1) is 11.1 Å². The van der Waals surface area contributed by atoms with Crippen LogP contribution in [-0.2, 0) is 5.41 Å². The second-order valence-electron chi connectivity index (χ2n) is 19.5. The lowest BCUT2D eigenvalue weighted by molar-refractivity contribution is 0.668. The first-order chi connectivity index (χ1) is 36.2. The molecular formula is C69H42N2O2. The molecule has 12 aromatic carbocycles. The second kappa shape index (κ2) is 15.2. The summed E-state index contributed by atoms with van der Waals surface area (Å²) >= 11 is 0. The first kappa shape index (κ1) is 40.1. The minimum Gasteiger partial charge on any atom is -0.456 e. The molecule has 0 fully saturated rings. The lowest BCUT2D eigenvalue weighted by Crippen LogP contribution is -2.26. The maximum Gasteiger partial charge on any atom is 0.137 e. The molecule has 2 aliphatic rings. The van der Waals surface area contributed by atoms with Crippen molar-refractivity contribution >= 4 is 99.5 Å². The third kappa shape index (κ3) is 5.66. The first-order valence-electron chi connectivity index (χ1n) is 25.1. The molecule has 340 valence electrons. The molecule has 1 spiro atoms. The molecule has 4 nitrogen and oxygen atoms in total. The van der Waals surface area contributed by atoms with Gasteiger partial charge in [0.15, 0.2) is 0 Å². The number of para-hydroxylation sites is 4. The van der Waals surface area contributed by atoms with Gasteiger partial charge in [-0.25, -0.2) is 0 Å². The topological polar surface area (TPSA) is 32.8 Å². The fraction of sp³-hybridized carbons (Fsp3) is 0.0145. The predicted octanol–water partition coefficient (Wildman–Crippen LogP) is 19.1. The van der Waals surface area contributed by atoms with E-state index < -0.39 is 5.41 Å². The van der Waals surface area contributed by atoms with Gasteiger partial charge in [-0.05, 0) is 152 Å². The van der Waals surface area contributed by atoms with E-state index in [-0.39, 0.29) is 0 Å². The van der Waals surface area contributed by atoms with Crippen LogP contribution in [-0.4, -0.2) is 0 Å². The van der Waals surface area contributed by atoms with E-state index in [2.05, 4.69) is 246 Å². The second-order valence-corrected chi connectivity index (χ2v) is 19.5. The molecule has 2 aromatic heterocycles. The Kier molecular flexibility index (Phi) is 8.35. The summed E-state index contributed by atoms with van der Waals surface area (Å²) in [5, 5.41) is 9.20. The Morgan fingerprint density at radius 1 is 0.260 bits per heavy atom. The quantitative estimate of drug-likeness (QED) is 0.166. The molecule has 0 N–H and O–H groups in total. The highest BCUT2D eigenvalue weighted by molar-refractivity contribution is 6.14. The van der Waals surface area contributed by atoms with Crippen molar-refractivity contribution in [1.82, 2.24) is 0 Å². The Hall–Kier alpha value is -9.64. The van der Waals surface area contributed by atoms with E-state index in [1.807, 2.05) is 18.2 Å². The van der Waals surface area contributed by atoms with Crippen LogP contribution in [0.4, 0.5) is 34.1 Å². The van der Waals surface area contributed by atoms with Crippen molar-refractivity contribution in [2.45, 2.75) is 5.41 Å². The number of hydrogen-bond acceptors (Lipinski definition) is 4. The molecule has 2 aliphatic carbocycles. The van der Waals surface area contributed by atoms with Crippen molar-refractivity contribution in [3.63, 3.8) is 0 Å². The zero-order chi connectivity index (χ0) is 47.8. The highest BCUT2D eigenvalue weighted by Crippen LogP contribution is 2.65. The number of fused-ring (bicyclic) bond motifs is 19. The van der Waals surface area contributed by atoms with E-state index in [1.54, 1.807) is 0 Å². The van der Waals surface area contributed by atoms with Gasteiger partial charge in [0.1, 0.15) is 22.3 Å². The molecule has 0 saturated heterocycles. The molecule has 2 heterocycles. The number of benzene rings is 12. The van der Waals surface area contributed by atoms with Gasteiger partial charge < -0.3 is 18.6 Å². The van der Waals surface area contributed by atoms with Gasteiger partial charge in [-0.2, -0.15) is 0 Å². The summed E-state index contributed by atoms with van der Waals surface area (Å²) in [6.45, 7) is 0. The molecule has 0 amide bonds. The largest absolute Gasteiger partial charge is 0.456 e. The summed E-state index contributed by atoms with van der Waals surface area (Å²) in [5.74, 6) is 0. The fourth-order valence-electron chi connectivity index (χ4n) is 12.8. The Bertz CT molecular complexity index is 4540. The van der Waals surface area contributed by atoms with Crippen LogP contribution in [0.3, 0.4) is 0 Å². The van der Waals surface area contributed by atoms with Gasteiger partial charge in [-0.1, -0.05) is 152 Å². The lowest BCUT2D eigenvalue weighted by atomic mass is 9.70. The summed E-state index contributed by atoms with van der Waals surface area (Å²) in [5.41, 5.74) is 19.5. The Morgan fingerprint density at radius 2 is 0.740 bits per heavy atom. The van der Waals surface area contributed by atoms with Crippen LogP contribution in [0.5, 0.6) is 0 Å². The molecule has 0 atom stereocenters. The number of rotatable bonds is 6. The molecule has 73 heavy (non-hydrogen) atoms. The maximum absolute atomic E-state index is 6.58. The lowest BCUT2D eigenvalue weighted by Gasteiger charge is -2.33. The van der Waals surface area contributed by atoms with Crippen molar-refractivity contribution in [3.8, 4) is 22.3 Å². The molecule has 14 aromatic rings. The smallest absolute Gasteiger partial charge is 0.137 e. The SMILES string of the molecule is c1ccc(N(c2ccc3cc4c(cc3c2)C2(c3ccccc3-c3ccccc32)c2cc(N(c3ccccc3)c3ccc5c(c3)oc3ccccc35)c3ccccc3c2-4)c2ccc3c(c2)oc2ccccc23)cc1. The van der Waals surface area contributed by atoms with E-state index in [4.69, 9.17) is 8.83 Å². The minimum atomic E-state index is -0.628. The van der Waals surface area contributed by atoms with E-state index in [0.717, 1.165) is 78.0 Å². The van der Waals surface area contributed by atoms with Crippen LogP contribution in [0.15, 0.2) is 264 Å². The molecular weight excluding hydrogens is 889 g/mol. The Labute approximate surface area is 420 Å². The molecule has 16 rings (SSSR count). The third-order valence-electron chi connectivity index (χ3n) is 15.8. The van der Waals surface area contributed by atoms with Crippen LogP contribution >= 0.6 is 0 Å². The monoisotopic (exact) mass is 930 g/mol.